The first-order valence-corrected chi connectivity index (χ1v) is 4.74. The molecule has 2 rings (SSSR count). The lowest BCUT2D eigenvalue weighted by Crippen LogP contribution is -2.28. The van der Waals surface area contributed by atoms with Crippen molar-refractivity contribution >= 4 is 0 Å². The molecule has 1 heterocycles. The summed E-state index contributed by atoms with van der Waals surface area (Å²) in [6.07, 6.45) is 7.05. The van der Waals surface area contributed by atoms with Crippen molar-refractivity contribution in [2.75, 3.05) is 0 Å². The smallest absolute Gasteiger partial charge is 0.246 e. The van der Waals surface area contributed by atoms with Crippen LogP contribution in [0.2, 0.25) is 0 Å². The van der Waals surface area contributed by atoms with E-state index in [1.54, 1.807) is 0 Å². The molecule has 0 aromatic carbocycles. The number of aromatic amines is 1. The average molecular weight is 195 g/mol. The van der Waals surface area contributed by atoms with Crippen LogP contribution in [0.5, 0.6) is 0 Å². The van der Waals surface area contributed by atoms with Gasteiger partial charge in [-0.1, -0.05) is 12.2 Å². The monoisotopic (exact) mass is 195 g/mol. The highest BCUT2D eigenvalue weighted by Gasteiger charge is 2.15. The number of aromatic nitrogens is 3. The largest absolute Gasteiger partial charge is 0.347 e. The molecule has 1 aromatic rings. The van der Waals surface area contributed by atoms with Crippen molar-refractivity contribution in [3.05, 3.63) is 33.1 Å². The number of hydrogen-bond acceptors (Lipinski definition) is 2. The fraction of sp³-hybridized carbons (Fsp3) is 0.556. The van der Waals surface area contributed by atoms with E-state index < -0.39 is 0 Å². The van der Waals surface area contributed by atoms with Crippen LogP contribution in [0.15, 0.2) is 21.7 Å². The predicted molar refractivity (Wildman–Crippen MR) is 52.3 cm³/mol. The number of hydrogen-bond donors (Lipinski definition) is 1. The summed E-state index contributed by atoms with van der Waals surface area (Å²) in [4.78, 5) is 22.7. The molecule has 0 saturated carbocycles. The van der Waals surface area contributed by atoms with E-state index >= 15 is 0 Å². The van der Waals surface area contributed by atoms with E-state index in [0.29, 0.717) is 0 Å². The molecule has 5 heteroatoms. The van der Waals surface area contributed by atoms with Crippen molar-refractivity contribution in [2.45, 2.75) is 25.3 Å². The molecule has 14 heavy (non-hydrogen) atoms. The SMILES string of the molecule is Cn1c(=O)[nH]n([C@H]2C=CCCC2)c1=O. The first kappa shape index (κ1) is 9.05. The molecule has 1 atom stereocenters. The molecule has 76 valence electrons. The molecule has 1 aromatic heterocycles. The van der Waals surface area contributed by atoms with Gasteiger partial charge >= 0.3 is 11.4 Å². The lowest BCUT2D eigenvalue weighted by atomic mass is 10.0. The molecule has 0 bridgehead atoms. The maximum atomic E-state index is 11.5. The van der Waals surface area contributed by atoms with Crippen LogP contribution in [0, 0.1) is 0 Å². The summed E-state index contributed by atoms with van der Waals surface area (Å²) >= 11 is 0. The Morgan fingerprint density at radius 1 is 1.50 bits per heavy atom. The van der Waals surface area contributed by atoms with Crippen LogP contribution in [0.1, 0.15) is 25.3 Å². The van der Waals surface area contributed by atoms with Crippen molar-refractivity contribution in [1.82, 2.24) is 14.3 Å². The highest BCUT2D eigenvalue weighted by molar-refractivity contribution is 4.96. The normalized spacial score (nSPS) is 21.4. The van der Waals surface area contributed by atoms with E-state index in [4.69, 9.17) is 0 Å². The summed E-state index contributed by atoms with van der Waals surface area (Å²) in [5, 5.41) is 2.54. The number of nitrogens with one attached hydrogen (secondary N) is 1. The van der Waals surface area contributed by atoms with Gasteiger partial charge in [0, 0.05) is 7.05 Å². The molecule has 0 aliphatic heterocycles. The van der Waals surface area contributed by atoms with Crippen LogP contribution in [0.25, 0.3) is 0 Å². The highest BCUT2D eigenvalue weighted by atomic mass is 16.2. The highest BCUT2D eigenvalue weighted by Crippen LogP contribution is 2.18. The minimum absolute atomic E-state index is 0.0187. The third kappa shape index (κ3) is 1.34. The molecule has 1 aliphatic rings. The maximum absolute atomic E-state index is 11.5. The first-order chi connectivity index (χ1) is 6.70. The number of H-pyrrole nitrogens is 1. The Labute approximate surface area is 80.7 Å². The van der Waals surface area contributed by atoms with Crippen molar-refractivity contribution in [2.24, 2.45) is 7.05 Å². The van der Waals surface area contributed by atoms with E-state index in [9.17, 15) is 9.59 Å². The Morgan fingerprint density at radius 2 is 2.29 bits per heavy atom. The van der Waals surface area contributed by atoms with Gasteiger partial charge < -0.3 is 0 Å². The second kappa shape index (κ2) is 3.32. The molecule has 0 amide bonds. The lowest BCUT2D eigenvalue weighted by molar-refractivity contribution is 0.457. The van der Waals surface area contributed by atoms with Crippen LogP contribution in [0.3, 0.4) is 0 Å². The van der Waals surface area contributed by atoms with Crippen molar-refractivity contribution < 1.29 is 0 Å². The standard InChI is InChI=1S/C9H13N3O2/c1-11-8(13)10-12(9(11)14)7-5-3-2-4-6-7/h3,5,7H,2,4,6H2,1H3,(H,10,13)/t7-/m0/s1. The van der Waals surface area contributed by atoms with E-state index in [0.717, 1.165) is 23.8 Å². The molecule has 0 spiro atoms. The zero-order valence-corrected chi connectivity index (χ0v) is 8.06. The molecule has 0 radical (unpaired) electrons. The summed E-state index contributed by atoms with van der Waals surface area (Å²) < 4.78 is 2.49. The van der Waals surface area contributed by atoms with Gasteiger partial charge in [0.1, 0.15) is 0 Å². The Hall–Kier alpha value is -1.52. The van der Waals surface area contributed by atoms with Crippen molar-refractivity contribution in [3.8, 4) is 0 Å². The fourth-order valence-electron chi connectivity index (χ4n) is 1.71. The molecule has 0 unspecified atom stereocenters. The quantitative estimate of drug-likeness (QED) is 0.649. The Balaban J connectivity index is 2.46. The molecule has 0 saturated heterocycles. The number of allylic oxidation sites excluding steroid dienone is 2. The lowest BCUT2D eigenvalue weighted by Gasteiger charge is -2.15. The summed E-state index contributed by atoms with van der Waals surface area (Å²) in [6, 6.07) is 0.0187. The Kier molecular flexibility index (Phi) is 2.15. The molecule has 5 nitrogen and oxygen atoms in total. The topological polar surface area (TPSA) is 59.8 Å². The van der Waals surface area contributed by atoms with Crippen LogP contribution in [0.4, 0.5) is 0 Å². The van der Waals surface area contributed by atoms with Crippen molar-refractivity contribution in [1.29, 1.82) is 0 Å². The van der Waals surface area contributed by atoms with Crippen LogP contribution < -0.4 is 11.4 Å². The predicted octanol–water partition coefficient (Wildman–Crippen LogP) is 0.156. The Morgan fingerprint density at radius 3 is 2.79 bits per heavy atom. The summed E-state index contributed by atoms with van der Waals surface area (Å²) in [5.74, 6) is 0. The second-order valence-corrected chi connectivity index (χ2v) is 3.55. The van der Waals surface area contributed by atoms with Crippen LogP contribution in [-0.2, 0) is 7.05 Å². The zero-order chi connectivity index (χ0) is 10.1. The molecule has 1 aliphatic carbocycles. The number of nitrogens with zero attached hydrogens (tertiary/aromatic N) is 2. The van der Waals surface area contributed by atoms with Gasteiger partial charge in [-0.3, -0.25) is 0 Å². The van der Waals surface area contributed by atoms with Crippen molar-refractivity contribution in [3.63, 3.8) is 0 Å². The first-order valence-electron chi connectivity index (χ1n) is 4.74. The van der Waals surface area contributed by atoms with Crippen LogP contribution >= 0.6 is 0 Å². The maximum Gasteiger partial charge on any atom is 0.347 e. The van der Waals surface area contributed by atoms with Gasteiger partial charge in [-0.25, -0.2) is 23.9 Å². The van der Waals surface area contributed by atoms with E-state index in [-0.39, 0.29) is 17.4 Å². The van der Waals surface area contributed by atoms with Gasteiger partial charge in [-0.2, -0.15) is 0 Å². The minimum atomic E-state index is -0.353. The molecular weight excluding hydrogens is 182 g/mol. The third-order valence-corrected chi connectivity index (χ3v) is 2.57. The van der Waals surface area contributed by atoms with E-state index in [1.165, 1.54) is 11.7 Å². The molecule has 0 fully saturated rings. The van der Waals surface area contributed by atoms with Gasteiger partial charge in [0.05, 0.1) is 6.04 Å². The summed E-state index contributed by atoms with van der Waals surface area (Å²) in [5.41, 5.74) is -0.625. The molecular formula is C9H13N3O2. The van der Waals surface area contributed by atoms with Gasteiger partial charge in [0.15, 0.2) is 0 Å². The second-order valence-electron chi connectivity index (χ2n) is 3.55. The average Bonchev–Trinajstić information content (AvgIpc) is 2.47. The van der Waals surface area contributed by atoms with Crippen LogP contribution in [-0.4, -0.2) is 14.3 Å². The summed E-state index contributed by atoms with van der Waals surface area (Å²) in [7, 11) is 1.48. The van der Waals surface area contributed by atoms with Gasteiger partial charge in [0.25, 0.3) is 0 Å². The molecule has 1 N–H and O–H groups in total. The Bertz CT molecular complexity index is 463. The van der Waals surface area contributed by atoms with Gasteiger partial charge in [0.2, 0.25) is 0 Å². The number of rotatable bonds is 1. The fourth-order valence-corrected chi connectivity index (χ4v) is 1.71. The minimum Gasteiger partial charge on any atom is -0.246 e. The van der Waals surface area contributed by atoms with E-state index in [2.05, 4.69) is 5.10 Å². The summed E-state index contributed by atoms with van der Waals surface area (Å²) in [6.45, 7) is 0. The third-order valence-electron chi connectivity index (χ3n) is 2.57. The van der Waals surface area contributed by atoms with E-state index in [1.807, 2.05) is 12.2 Å². The van der Waals surface area contributed by atoms with Gasteiger partial charge in [-0.05, 0) is 19.3 Å². The zero-order valence-electron chi connectivity index (χ0n) is 8.06. The van der Waals surface area contributed by atoms with Gasteiger partial charge in [-0.15, -0.1) is 0 Å².